The first-order valence-electron chi connectivity index (χ1n) is 16.2. The van der Waals surface area contributed by atoms with E-state index in [1.807, 2.05) is 55.5 Å². The Kier molecular flexibility index (Phi) is 11.0. The number of carbonyl (C=O) groups is 1. The van der Waals surface area contributed by atoms with Crippen LogP contribution in [0.2, 0.25) is 0 Å². The van der Waals surface area contributed by atoms with Crippen LogP contribution in [0.1, 0.15) is 61.3 Å². The van der Waals surface area contributed by atoms with Crippen molar-refractivity contribution in [2.75, 3.05) is 18.9 Å². The van der Waals surface area contributed by atoms with E-state index in [0.717, 1.165) is 43.2 Å². The van der Waals surface area contributed by atoms with Crippen LogP contribution in [0.25, 0.3) is 11.3 Å². The Balaban J connectivity index is 1.17. The van der Waals surface area contributed by atoms with Gasteiger partial charge in [-0.1, -0.05) is 62.1 Å². The van der Waals surface area contributed by atoms with Crippen LogP contribution in [0.5, 0.6) is 0 Å². The lowest BCUT2D eigenvalue weighted by atomic mass is 9.96. The fourth-order valence-electron chi connectivity index (χ4n) is 6.12. The zero-order chi connectivity index (χ0) is 32.6. The van der Waals surface area contributed by atoms with Crippen LogP contribution >= 0.6 is 0 Å². The van der Waals surface area contributed by atoms with Crippen molar-refractivity contribution in [1.82, 2.24) is 9.88 Å². The first kappa shape index (κ1) is 33.1. The van der Waals surface area contributed by atoms with Crippen molar-refractivity contribution in [2.24, 2.45) is 5.92 Å². The smallest absolute Gasteiger partial charge is 0.323 e. The van der Waals surface area contributed by atoms with E-state index in [4.69, 9.17) is 15.2 Å². The van der Waals surface area contributed by atoms with Gasteiger partial charge in [0.2, 0.25) is 0 Å². The topological polar surface area (TPSA) is 95.6 Å². The molecule has 1 saturated carbocycles. The second-order valence-electron chi connectivity index (χ2n) is 12.3. The lowest BCUT2D eigenvalue weighted by molar-refractivity contribution is -0.151. The molecule has 2 aromatic carbocycles. The molecule has 0 saturated heterocycles. The summed E-state index contributed by atoms with van der Waals surface area (Å²) in [7, 11) is 0. The molecule has 46 heavy (non-hydrogen) atoms. The normalized spacial score (nSPS) is 18.7. The number of pyridine rings is 1. The van der Waals surface area contributed by atoms with Crippen LogP contribution < -0.4 is 16.6 Å². The number of nitrogens with zero attached hydrogens (tertiary/aromatic N) is 1. The summed E-state index contributed by atoms with van der Waals surface area (Å²) in [5, 5.41) is 3.40. The van der Waals surface area contributed by atoms with Crippen molar-refractivity contribution >= 4 is 23.1 Å². The number of ether oxygens (including phenoxy) is 2. The molecule has 2 aliphatic carbocycles. The number of halogens is 1. The number of anilines is 1. The van der Waals surface area contributed by atoms with E-state index in [-0.39, 0.29) is 41.3 Å². The van der Waals surface area contributed by atoms with Gasteiger partial charge in [0.1, 0.15) is 23.8 Å². The Hall–Kier alpha value is -4.27. The molecule has 1 heterocycles. The Morgan fingerprint density at radius 2 is 1.89 bits per heavy atom. The van der Waals surface area contributed by atoms with Crippen molar-refractivity contribution in [3.63, 3.8) is 0 Å². The fourth-order valence-corrected chi connectivity index (χ4v) is 6.12. The maximum absolute atomic E-state index is 13.8. The Labute approximate surface area is 270 Å². The first-order valence-corrected chi connectivity index (χ1v) is 16.2. The number of aryl methyl sites for hydroxylation is 1. The third-order valence-electron chi connectivity index (χ3n) is 8.80. The van der Waals surface area contributed by atoms with Gasteiger partial charge in [-0.15, -0.1) is 0 Å². The lowest BCUT2D eigenvalue weighted by Crippen LogP contribution is -2.42. The Morgan fingerprint density at radius 3 is 2.61 bits per heavy atom. The quantitative estimate of drug-likeness (QED) is 0.168. The minimum absolute atomic E-state index is 0.0157. The Bertz CT molecular complexity index is 1660. The molecule has 242 valence electrons. The molecular weight excluding hydrogens is 581 g/mol. The third-order valence-corrected chi connectivity index (χ3v) is 8.80. The molecule has 3 aromatic rings. The van der Waals surface area contributed by atoms with Crippen molar-refractivity contribution in [1.29, 1.82) is 0 Å². The molecule has 7 nitrogen and oxygen atoms in total. The maximum atomic E-state index is 13.8. The monoisotopic (exact) mass is 625 g/mol. The molecule has 0 amide bonds. The summed E-state index contributed by atoms with van der Waals surface area (Å²) in [5.74, 6) is -0.226. The number of hydrogen-bond donors (Lipinski definition) is 2. The molecule has 3 N–H and O–H groups in total. The number of benzene rings is 2. The minimum Gasteiger partial charge on any atom is -0.461 e. The Morgan fingerprint density at radius 1 is 1.13 bits per heavy atom. The predicted molar refractivity (Wildman–Crippen MR) is 182 cm³/mol. The molecular formula is C38H44FN3O4. The third kappa shape index (κ3) is 8.11. The number of esters is 1. The van der Waals surface area contributed by atoms with Gasteiger partial charge < -0.3 is 20.5 Å². The van der Waals surface area contributed by atoms with E-state index in [2.05, 4.69) is 11.9 Å². The summed E-state index contributed by atoms with van der Waals surface area (Å²) in [6, 6.07) is 17.5. The van der Waals surface area contributed by atoms with Crippen molar-refractivity contribution in [3.8, 4) is 0 Å². The fraction of sp³-hybridized carbons (Fsp3) is 0.368. The number of nitrogen functional groups attached to an aromatic ring is 1. The van der Waals surface area contributed by atoms with Crippen molar-refractivity contribution in [2.45, 2.75) is 70.6 Å². The van der Waals surface area contributed by atoms with Gasteiger partial charge >= 0.3 is 5.97 Å². The van der Waals surface area contributed by atoms with Gasteiger partial charge in [0.25, 0.3) is 5.56 Å². The summed E-state index contributed by atoms with van der Waals surface area (Å²) >= 11 is 0. The zero-order valence-corrected chi connectivity index (χ0v) is 26.7. The summed E-state index contributed by atoms with van der Waals surface area (Å²) in [6.07, 6.45) is 11.0. The van der Waals surface area contributed by atoms with E-state index in [1.54, 1.807) is 25.1 Å². The van der Waals surface area contributed by atoms with Gasteiger partial charge in [-0.3, -0.25) is 14.2 Å². The number of hydrogen-bond acceptors (Lipinski definition) is 6. The van der Waals surface area contributed by atoms with Crippen LogP contribution in [0.15, 0.2) is 90.3 Å². The molecule has 0 bridgehead atoms. The average Bonchev–Trinajstić information content (AvgIpc) is 3.56. The molecule has 2 unspecified atom stereocenters. The SMILES string of the molecule is C=C(c1ccc(F)c(C)c1)c1ccc(=O)n(C2=CC(C)C(OCCCN[C@@H](Cc3ccccc3)C(=O)OC3CCCC3)C=C2)c1N. The van der Waals surface area contributed by atoms with E-state index < -0.39 is 6.04 Å². The summed E-state index contributed by atoms with van der Waals surface area (Å²) in [4.78, 5) is 26.0. The largest absolute Gasteiger partial charge is 0.461 e. The highest BCUT2D eigenvalue weighted by Crippen LogP contribution is 2.30. The molecule has 0 radical (unpaired) electrons. The molecule has 8 heteroatoms. The minimum atomic E-state index is -0.412. The van der Waals surface area contributed by atoms with Crippen LogP contribution in [-0.2, 0) is 20.7 Å². The van der Waals surface area contributed by atoms with Gasteiger partial charge in [0.15, 0.2) is 0 Å². The average molecular weight is 626 g/mol. The second kappa shape index (κ2) is 15.3. The molecule has 3 atom stereocenters. The number of carbonyl (C=O) groups excluding carboxylic acids is 1. The number of allylic oxidation sites excluding steroid dienone is 2. The van der Waals surface area contributed by atoms with Crippen LogP contribution in [0, 0.1) is 18.7 Å². The standard InChI is InChI=1S/C38H44FN3O4/c1-25-22-29(14-17-33(25)39)27(3)32-16-19-36(43)42(37(32)40)30-15-18-35(26(2)23-30)45-21-9-20-41-34(24-28-10-5-4-6-11-28)38(44)46-31-12-7-8-13-31/h4-6,10-11,14-19,22-23,26,31,34-35,41H,3,7-9,12-13,20-21,24,40H2,1-2H3/t26?,34-,35?/m0/s1. The van der Waals surface area contributed by atoms with Crippen LogP contribution in [-0.4, -0.2) is 41.9 Å². The van der Waals surface area contributed by atoms with E-state index in [1.165, 1.54) is 16.7 Å². The summed E-state index contributed by atoms with van der Waals surface area (Å²) in [5.41, 5.74) is 10.5. The molecule has 1 fully saturated rings. The number of rotatable bonds is 13. The van der Waals surface area contributed by atoms with Gasteiger partial charge in [-0.25, -0.2) is 4.39 Å². The predicted octanol–water partition coefficient (Wildman–Crippen LogP) is 6.45. The molecule has 1 aromatic heterocycles. The molecule has 0 aliphatic heterocycles. The molecule has 5 rings (SSSR count). The number of nitrogens with one attached hydrogen (secondary N) is 1. The zero-order valence-electron chi connectivity index (χ0n) is 26.7. The number of nitrogens with two attached hydrogens (primary N) is 1. The molecule has 2 aliphatic rings. The summed E-state index contributed by atoms with van der Waals surface area (Å²) < 4.78 is 27.3. The highest BCUT2D eigenvalue weighted by Gasteiger charge is 2.26. The highest BCUT2D eigenvalue weighted by atomic mass is 19.1. The maximum Gasteiger partial charge on any atom is 0.323 e. The second-order valence-corrected chi connectivity index (χ2v) is 12.3. The molecule has 0 spiro atoms. The van der Waals surface area contributed by atoms with Crippen LogP contribution in [0.3, 0.4) is 0 Å². The van der Waals surface area contributed by atoms with Gasteiger partial charge in [-0.2, -0.15) is 0 Å². The van der Waals surface area contributed by atoms with E-state index >= 15 is 0 Å². The lowest BCUT2D eigenvalue weighted by Gasteiger charge is -2.25. The number of aromatic nitrogens is 1. The first-order chi connectivity index (χ1) is 22.2. The van der Waals surface area contributed by atoms with Gasteiger partial charge in [-0.05, 0) is 98.5 Å². The van der Waals surface area contributed by atoms with Crippen molar-refractivity contribution < 1.29 is 18.7 Å². The van der Waals surface area contributed by atoms with Gasteiger partial charge in [0, 0.05) is 29.9 Å². The summed E-state index contributed by atoms with van der Waals surface area (Å²) in [6.45, 7) is 9.02. The van der Waals surface area contributed by atoms with E-state index in [0.29, 0.717) is 42.0 Å². The van der Waals surface area contributed by atoms with Crippen molar-refractivity contribution in [3.05, 3.63) is 124 Å². The van der Waals surface area contributed by atoms with Crippen LogP contribution in [0.4, 0.5) is 10.2 Å². The van der Waals surface area contributed by atoms with Gasteiger partial charge in [0.05, 0.1) is 6.10 Å². The van der Waals surface area contributed by atoms with E-state index in [9.17, 15) is 14.0 Å². The highest BCUT2D eigenvalue weighted by molar-refractivity contribution is 5.84.